The van der Waals surface area contributed by atoms with Crippen molar-refractivity contribution in [3.8, 4) is 0 Å². The molecule has 0 aromatic carbocycles. The second kappa shape index (κ2) is 5.59. The molecule has 1 heterocycles. The van der Waals surface area contributed by atoms with Gasteiger partial charge in [-0.1, -0.05) is 20.3 Å². The summed E-state index contributed by atoms with van der Waals surface area (Å²) in [4.78, 5) is 4.05. The maximum atomic E-state index is 5.52. The second-order valence-electron chi connectivity index (χ2n) is 4.27. The van der Waals surface area contributed by atoms with Crippen LogP contribution in [0.5, 0.6) is 0 Å². The van der Waals surface area contributed by atoms with Crippen molar-refractivity contribution in [2.75, 3.05) is 11.1 Å². The van der Waals surface area contributed by atoms with Crippen LogP contribution in [-0.4, -0.2) is 11.0 Å². The first kappa shape index (κ1) is 11.8. The van der Waals surface area contributed by atoms with Gasteiger partial charge < -0.3 is 11.1 Å². The molecule has 0 bridgehead atoms. The van der Waals surface area contributed by atoms with Crippen LogP contribution in [0.15, 0.2) is 18.3 Å². The number of nitrogen functional groups attached to an aromatic ring is 1. The third-order valence-electron chi connectivity index (χ3n) is 2.65. The normalized spacial score (nSPS) is 14.6. The van der Waals surface area contributed by atoms with Crippen LogP contribution in [0.4, 0.5) is 11.5 Å². The molecular weight excluding hydrogens is 186 g/mol. The van der Waals surface area contributed by atoms with E-state index in [2.05, 4.69) is 31.1 Å². The van der Waals surface area contributed by atoms with Gasteiger partial charge in [-0.2, -0.15) is 0 Å². The number of hydrogen-bond donors (Lipinski definition) is 2. The van der Waals surface area contributed by atoms with Gasteiger partial charge in [-0.25, -0.2) is 4.98 Å². The summed E-state index contributed by atoms with van der Waals surface area (Å²) in [6, 6.07) is 4.26. The molecule has 0 aliphatic rings. The molecule has 0 aliphatic carbocycles. The average molecular weight is 207 g/mol. The number of aromatic nitrogens is 1. The molecule has 0 saturated carbocycles. The molecule has 2 unspecified atom stereocenters. The van der Waals surface area contributed by atoms with Gasteiger partial charge in [0.05, 0.1) is 11.9 Å². The predicted octanol–water partition coefficient (Wildman–Crippen LogP) is 2.90. The molecule has 1 rings (SSSR count). The summed E-state index contributed by atoms with van der Waals surface area (Å²) in [7, 11) is 0. The molecule has 0 fully saturated rings. The monoisotopic (exact) mass is 207 g/mol. The predicted molar refractivity (Wildman–Crippen MR) is 65.8 cm³/mol. The van der Waals surface area contributed by atoms with Crippen LogP contribution in [0.3, 0.4) is 0 Å². The standard InChI is InChI=1S/C12H21N3/c1-4-9(2)7-10(3)15-11-5-6-12(13)14-8-11/h5-6,8-10,15H,4,7H2,1-3H3,(H2,13,14). The second-order valence-corrected chi connectivity index (χ2v) is 4.27. The fraction of sp³-hybridized carbons (Fsp3) is 0.583. The molecule has 84 valence electrons. The Kier molecular flexibility index (Phi) is 4.40. The first-order chi connectivity index (χ1) is 7.11. The highest BCUT2D eigenvalue weighted by molar-refractivity contribution is 5.45. The molecule has 0 aliphatic heterocycles. The summed E-state index contributed by atoms with van der Waals surface area (Å²) < 4.78 is 0. The molecule has 0 saturated heterocycles. The molecule has 3 N–H and O–H groups in total. The maximum Gasteiger partial charge on any atom is 0.123 e. The van der Waals surface area contributed by atoms with E-state index in [1.807, 2.05) is 12.1 Å². The molecular formula is C12H21N3. The Morgan fingerprint density at radius 2 is 2.13 bits per heavy atom. The summed E-state index contributed by atoms with van der Waals surface area (Å²) in [5.41, 5.74) is 6.56. The van der Waals surface area contributed by atoms with Crippen LogP contribution in [-0.2, 0) is 0 Å². The first-order valence-electron chi connectivity index (χ1n) is 5.60. The van der Waals surface area contributed by atoms with Gasteiger partial charge in [-0.15, -0.1) is 0 Å². The number of nitrogens with zero attached hydrogens (tertiary/aromatic N) is 1. The third kappa shape index (κ3) is 4.19. The number of pyridine rings is 1. The highest BCUT2D eigenvalue weighted by Crippen LogP contribution is 2.14. The zero-order chi connectivity index (χ0) is 11.3. The number of anilines is 2. The lowest BCUT2D eigenvalue weighted by molar-refractivity contribution is 0.484. The fourth-order valence-electron chi connectivity index (χ4n) is 1.60. The Bertz CT molecular complexity index is 281. The molecule has 0 amide bonds. The molecule has 15 heavy (non-hydrogen) atoms. The van der Waals surface area contributed by atoms with E-state index in [0.717, 1.165) is 11.6 Å². The smallest absolute Gasteiger partial charge is 0.123 e. The molecule has 2 atom stereocenters. The van der Waals surface area contributed by atoms with Crippen molar-refractivity contribution in [2.45, 2.75) is 39.7 Å². The van der Waals surface area contributed by atoms with Crippen molar-refractivity contribution >= 4 is 11.5 Å². The van der Waals surface area contributed by atoms with Crippen LogP contribution in [0.25, 0.3) is 0 Å². The quantitative estimate of drug-likeness (QED) is 0.780. The van der Waals surface area contributed by atoms with Gasteiger partial charge in [0.1, 0.15) is 5.82 Å². The van der Waals surface area contributed by atoms with Gasteiger partial charge >= 0.3 is 0 Å². The first-order valence-corrected chi connectivity index (χ1v) is 5.60. The van der Waals surface area contributed by atoms with E-state index >= 15 is 0 Å². The van der Waals surface area contributed by atoms with Gasteiger partial charge in [0.2, 0.25) is 0 Å². The van der Waals surface area contributed by atoms with E-state index in [-0.39, 0.29) is 0 Å². The highest BCUT2D eigenvalue weighted by atomic mass is 14.9. The molecule has 3 nitrogen and oxygen atoms in total. The highest BCUT2D eigenvalue weighted by Gasteiger charge is 2.06. The van der Waals surface area contributed by atoms with Crippen LogP contribution < -0.4 is 11.1 Å². The van der Waals surface area contributed by atoms with Gasteiger partial charge in [0.25, 0.3) is 0 Å². The molecule has 1 aromatic heterocycles. The minimum Gasteiger partial charge on any atom is -0.384 e. The zero-order valence-corrected chi connectivity index (χ0v) is 9.83. The van der Waals surface area contributed by atoms with Crippen molar-refractivity contribution in [3.05, 3.63) is 18.3 Å². The topological polar surface area (TPSA) is 50.9 Å². The van der Waals surface area contributed by atoms with E-state index in [9.17, 15) is 0 Å². The van der Waals surface area contributed by atoms with Crippen molar-refractivity contribution in [2.24, 2.45) is 5.92 Å². The third-order valence-corrected chi connectivity index (χ3v) is 2.65. The number of hydrogen-bond acceptors (Lipinski definition) is 3. The van der Waals surface area contributed by atoms with Gasteiger partial charge in [-0.05, 0) is 31.4 Å². The lowest BCUT2D eigenvalue weighted by Crippen LogP contribution is -2.18. The molecule has 1 aromatic rings. The van der Waals surface area contributed by atoms with Gasteiger partial charge in [-0.3, -0.25) is 0 Å². The average Bonchev–Trinajstić information content (AvgIpc) is 2.21. The lowest BCUT2D eigenvalue weighted by atomic mass is 10.0. The van der Waals surface area contributed by atoms with E-state index < -0.39 is 0 Å². The van der Waals surface area contributed by atoms with Crippen molar-refractivity contribution in [3.63, 3.8) is 0 Å². The Morgan fingerprint density at radius 1 is 1.40 bits per heavy atom. The Balaban J connectivity index is 2.44. The number of nitrogens with two attached hydrogens (primary N) is 1. The fourth-order valence-corrected chi connectivity index (χ4v) is 1.60. The zero-order valence-electron chi connectivity index (χ0n) is 9.83. The van der Waals surface area contributed by atoms with Crippen LogP contribution in [0.1, 0.15) is 33.6 Å². The Labute approximate surface area is 92.1 Å². The van der Waals surface area contributed by atoms with Crippen LogP contribution in [0, 0.1) is 5.92 Å². The van der Waals surface area contributed by atoms with Crippen molar-refractivity contribution in [1.29, 1.82) is 0 Å². The number of nitrogens with one attached hydrogen (secondary N) is 1. The van der Waals surface area contributed by atoms with Gasteiger partial charge in [0, 0.05) is 6.04 Å². The largest absolute Gasteiger partial charge is 0.384 e. The summed E-state index contributed by atoms with van der Waals surface area (Å²) in [6.45, 7) is 6.70. The number of rotatable bonds is 5. The van der Waals surface area contributed by atoms with Gasteiger partial charge in [0.15, 0.2) is 0 Å². The van der Waals surface area contributed by atoms with Crippen molar-refractivity contribution in [1.82, 2.24) is 4.98 Å². The minimum atomic E-state index is 0.477. The molecule has 0 spiro atoms. The Morgan fingerprint density at radius 3 is 2.67 bits per heavy atom. The van der Waals surface area contributed by atoms with E-state index in [4.69, 9.17) is 5.73 Å². The molecule has 0 radical (unpaired) electrons. The SMILES string of the molecule is CCC(C)CC(C)Nc1ccc(N)nc1. The summed E-state index contributed by atoms with van der Waals surface area (Å²) >= 11 is 0. The minimum absolute atomic E-state index is 0.477. The Hall–Kier alpha value is -1.25. The van der Waals surface area contributed by atoms with Crippen LogP contribution in [0.2, 0.25) is 0 Å². The maximum absolute atomic E-state index is 5.52. The lowest BCUT2D eigenvalue weighted by Gasteiger charge is -2.18. The summed E-state index contributed by atoms with van der Waals surface area (Å²) in [6.07, 6.45) is 4.19. The summed E-state index contributed by atoms with van der Waals surface area (Å²) in [5.74, 6) is 1.32. The molecule has 3 heteroatoms. The van der Waals surface area contributed by atoms with E-state index in [1.165, 1.54) is 12.8 Å². The van der Waals surface area contributed by atoms with E-state index in [0.29, 0.717) is 11.9 Å². The summed E-state index contributed by atoms with van der Waals surface area (Å²) in [5, 5.41) is 3.42. The van der Waals surface area contributed by atoms with Crippen molar-refractivity contribution < 1.29 is 0 Å². The van der Waals surface area contributed by atoms with E-state index in [1.54, 1.807) is 6.20 Å². The van der Waals surface area contributed by atoms with Crippen LogP contribution >= 0.6 is 0 Å².